The van der Waals surface area contributed by atoms with Gasteiger partial charge in [-0.25, -0.2) is 0 Å². The Morgan fingerprint density at radius 1 is 1.29 bits per heavy atom. The molecule has 17 heavy (non-hydrogen) atoms. The van der Waals surface area contributed by atoms with Crippen molar-refractivity contribution in [2.45, 2.75) is 38.1 Å². The molecule has 1 N–H and O–H groups in total. The van der Waals surface area contributed by atoms with E-state index in [1.807, 2.05) is 6.07 Å². The molecular formula is C15H19NO. The maximum absolute atomic E-state index is 5.40. The average molecular weight is 229 g/mol. The highest BCUT2D eigenvalue weighted by Gasteiger charge is 2.33. The molecule has 1 unspecified atom stereocenters. The summed E-state index contributed by atoms with van der Waals surface area (Å²) in [7, 11) is 0. The van der Waals surface area contributed by atoms with Crippen molar-refractivity contribution in [3.05, 3.63) is 36.1 Å². The van der Waals surface area contributed by atoms with E-state index in [1.165, 1.54) is 23.8 Å². The fraction of sp³-hybridized carbons (Fsp3) is 0.467. The van der Waals surface area contributed by atoms with Gasteiger partial charge in [-0.3, -0.25) is 0 Å². The van der Waals surface area contributed by atoms with E-state index >= 15 is 0 Å². The Morgan fingerprint density at radius 3 is 2.94 bits per heavy atom. The quantitative estimate of drug-likeness (QED) is 0.853. The zero-order chi connectivity index (χ0) is 11.9. The van der Waals surface area contributed by atoms with Crippen LogP contribution >= 0.6 is 0 Å². The summed E-state index contributed by atoms with van der Waals surface area (Å²) in [4.78, 5) is 0. The van der Waals surface area contributed by atoms with Gasteiger partial charge in [0.05, 0.1) is 6.26 Å². The van der Waals surface area contributed by atoms with Crippen LogP contribution in [0.3, 0.4) is 0 Å². The minimum Gasteiger partial charge on any atom is -0.464 e. The number of fused-ring (bicyclic) bond motifs is 1. The minimum absolute atomic E-state index is 0.182. The molecule has 2 heterocycles. The van der Waals surface area contributed by atoms with Crippen molar-refractivity contribution in [1.82, 2.24) is 5.32 Å². The second kappa shape index (κ2) is 3.88. The summed E-state index contributed by atoms with van der Waals surface area (Å²) < 4.78 is 5.40. The summed E-state index contributed by atoms with van der Waals surface area (Å²) >= 11 is 0. The highest BCUT2D eigenvalue weighted by Crippen LogP contribution is 2.33. The molecular weight excluding hydrogens is 210 g/mol. The van der Waals surface area contributed by atoms with Crippen molar-refractivity contribution in [2.24, 2.45) is 0 Å². The van der Waals surface area contributed by atoms with E-state index in [1.54, 1.807) is 6.26 Å². The molecule has 0 bridgehead atoms. The molecule has 0 aliphatic carbocycles. The fourth-order valence-corrected chi connectivity index (χ4v) is 2.87. The van der Waals surface area contributed by atoms with E-state index in [-0.39, 0.29) is 5.41 Å². The number of hydrogen-bond acceptors (Lipinski definition) is 2. The van der Waals surface area contributed by atoms with E-state index < -0.39 is 0 Å². The van der Waals surface area contributed by atoms with Crippen LogP contribution < -0.4 is 5.32 Å². The maximum Gasteiger partial charge on any atom is 0.133 e. The van der Waals surface area contributed by atoms with Gasteiger partial charge < -0.3 is 9.73 Å². The Bertz CT molecular complexity index is 520. The zero-order valence-corrected chi connectivity index (χ0v) is 10.5. The first-order valence-corrected chi connectivity index (χ1v) is 6.39. The van der Waals surface area contributed by atoms with E-state index in [2.05, 4.69) is 37.4 Å². The highest BCUT2D eigenvalue weighted by molar-refractivity contribution is 5.78. The van der Waals surface area contributed by atoms with Gasteiger partial charge in [-0.15, -0.1) is 0 Å². The van der Waals surface area contributed by atoms with Gasteiger partial charge >= 0.3 is 0 Å². The van der Waals surface area contributed by atoms with Crippen LogP contribution in [0.25, 0.3) is 11.0 Å². The Balaban J connectivity index is 2.00. The molecule has 1 aromatic carbocycles. The van der Waals surface area contributed by atoms with Crippen LogP contribution in [0, 0.1) is 0 Å². The summed E-state index contributed by atoms with van der Waals surface area (Å²) in [5.74, 6) is 0. The third-order valence-electron chi connectivity index (χ3n) is 4.13. The van der Waals surface area contributed by atoms with E-state index in [0.29, 0.717) is 6.04 Å². The van der Waals surface area contributed by atoms with Crippen LogP contribution in [0.4, 0.5) is 0 Å². The van der Waals surface area contributed by atoms with Crippen molar-refractivity contribution in [1.29, 1.82) is 0 Å². The molecule has 2 heteroatoms. The van der Waals surface area contributed by atoms with Gasteiger partial charge in [-0.05, 0) is 43.1 Å². The Labute approximate surface area is 102 Å². The highest BCUT2D eigenvalue weighted by atomic mass is 16.3. The molecule has 0 saturated carbocycles. The van der Waals surface area contributed by atoms with E-state index in [0.717, 1.165) is 12.1 Å². The summed E-state index contributed by atoms with van der Waals surface area (Å²) in [6.45, 7) is 5.82. The number of benzene rings is 1. The standard InChI is InChI=1S/C15H19NO/c1-15(2,14-4-3-8-16-14)12-5-6-13-11(10-12)7-9-17-13/h5-7,9-10,14,16H,3-4,8H2,1-2H3. The summed E-state index contributed by atoms with van der Waals surface area (Å²) in [5, 5.41) is 4.82. The van der Waals surface area contributed by atoms with Crippen LogP contribution in [-0.2, 0) is 5.41 Å². The van der Waals surface area contributed by atoms with Crippen molar-refractivity contribution >= 4 is 11.0 Å². The van der Waals surface area contributed by atoms with Gasteiger partial charge in [0.2, 0.25) is 0 Å². The molecule has 2 aromatic rings. The molecule has 90 valence electrons. The van der Waals surface area contributed by atoms with Crippen molar-refractivity contribution < 1.29 is 4.42 Å². The minimum atomic E-state index is 0.182. The Hall–Kier alpha value is -1.28. The number of nitrogens with one attached hydrogen (secondary N) is 1. The molecule has 1 aromatic heterocycles. The summed E-state index contributed by atoms with van der Waals surface area (Å²) in [6.07, 6.45) is 4.33. The summed E-state index contributed by atoms with van der Waals surface area (Å²) in [6, 6.07) is 9.18. The lowest BCUT2D eigenvalue weighted by Crippen LogP contribution is -2.40. The predicted molar refractivity (Wildman–Crippen MR) is 70.3 cm³/mol. The third kappa shape index (κ3) is 1.77. The Morgan fingerprint density at radius 2 is 2.18 bits per heavy atom. The van der Waals surface area contributed by atoms with Crippen LogP contribution in [-0.4, -0.2) is 12.6 Å². The van der Waals surface area contributed by atoms with Crippen LogP contribution in [0.1, 0.15) is 32.3 Å². The van der Waals surface area contributed by atoms with Gasteiger partial charge in [0.25, 0.3) is 0 Å². The molecule has 1 saturated heterocycles. The monoisotopic (exact) mass is 229 g/mol. The molecule has 0 spiro atoms. The van der Waals surface area contributed by atoms with Crippen molar-refractivity contribution in [3.63, 3.8) is 0 Å². The molecule has 0 radical (unpaired) electrons. The smallest absolute Gasteiger partial charge is 0.133 e. The van der Waals surface area contributed by atoms with E-state index in [4.69, 9.17) is 4.42 Å². The normalized spacial score (nSPS) is 21.2. The summed E-state index contributed by atoms with van der Waals surface area (Å²) in [5.41, 5.74) is 2.55. The first-order valence-electron chi connectivity index (χ1n) is 6.39. The molecule has 1 fully saturated rings. The van der Waals surface area contributed by atoms with Crippen LogP contribution in [0.5, 0.6) is 0 Å². The molecule has 0 amide bonds. The SMILES string of the molecule is CC(C)(c1ccc2occc2c1)C1CCCN1. The van der Waals surface area contributed by atoms with Gasteiger partial charge in [0.15, 0.2) is 0 Å². The van der Waals surface area contributed by atoms with Crippen molar-refractivity contribution in [3.8, 4) is 0 Å². The molecule has 1 aliphatic rings. The van der Waals surface area contributed by atoms with E-state index in [9.17, 15) is 0 Å². The van der Waals surface area contributed by atoms with Gasteiger partial charge in [-0.1, -0.05) is 19.9 Å². The largest absolute Gasteiger partial charge is 0.464 e. The van der Waals surface area contributed by atoms with Crippen LogP contribution in [0.2, 0.25) is 0 Å². The molecule has 1 atom stereocenters. The average Bonchev–Trinajstić information content (AvgIpc) is 2.99. The fourth-order valence-electron chi connectivity index (χ4n) is 2.87. The zero-order valence-electron chi connectivity index (χ0n) is 10.5. The second-order valence-corrected chi connectivity index (χ2v) is 5.54. The Kier molecular flexibility index (Phi) is 2.48. The number of rotatable bonds is 2. The maximum atomic E-state index is 5.40. The van der Waals surface area contributed by atoms with Crippen molar-refractivity contribution in [2.75, 3.05) is 6.54 Å². The lowest BCUT2D eigenvalue weighted by molar-refractivity contribution is 0.377. The molecule has 3 rings (SSSR count). The lowest BCUT2D eigenvalue weighted by Gasteiger charge is -2.32. The van der Waals surface area contributed by atoms with Crippen LogP contribution in [0.15, 0.2) is 34.9 Å². The molecule has 1 aliphatic heterocycles. The number of hydrogen-bond donors (Lipinski definition) is 1. The van der Waals surface area contributed by atoms with Gasteiger partial charge in [0, 0.05) is 16.8 Å². The van der Waals surface area contributed by atoms with Gasteiger partial charge in [-0.2, -0.15) is 0 Å². The molecule has 2 nitrogen and oxygen atoms in total. The lowest BCUT2D eigenvalue weighted by atomic mass is 9.77. The number of furan rings is 1. The first-order chi connectivity index (χ1) is 8.18. The predicted octanol–water partition coefficient (Wildman–Crippen LogP) is 3.46. The topological polar surface area (TPSA) is 25.2 Å². The second-order valence-electron chi connectivity index (χ2n) is 5.54. The van der Waals surface area contributed by atoms with Gasteiger partial charge in [0.1, 0.15) is 5.58 Å². The first kappa shape index (κ1) is 10.8. The third-order valence-corrected chi connectivity index (χ3v) is 4.13.